The van der Waals surface area contributed by atoms with Gasteiger partial charge in [0, 0.05) is 6.20 Å². The third-order valence-corrected chi connectivity index (χ3v) is 4.06. The summed E-state index contributed by atoms with van der Waals surface area (Å²) in [5, 5.41) is 2.95. The molecule has 21 heavy (non-hydrogen) atoms. The van der Waals surface area contributed by atoms with E-state index in [2.05, 4.69) is 10.3 Å². The lowest BCUT2D eigenvalue weighted by Crippen LogP contribution is -2.27. The summed E-state index contributed by atoms with van der Waals surface area (Å²) in [5.74, 6) is 0.856. The summed E-state index contributed by atoms with van der Waals surface area (Å²) in [6.07, 6.45) is 5.08. The summed E-state index contributed by atoms with van der Waals surface area (Å²) in [6.45, 7) is 2.00. The lowest BCUT2D eigenvalue weighted by atomic mass is 9.93. The average Bonchev–Trinajstić information content (AvgIpc) is 3.30. The van der Waals surface area contributed by atoms with E-state index in [0.29, 0.717) is 0 Å². The van der Waals surface area contributed by atoms with E-state index in [9.17, 15) is 4.79 Å². The number of rotatable bonds is 4. The van der Waals surface area contributed by atoms with E-state index in [1.807, 2.05) is 37.3 Å². The van der Waals surface area contributed by atoms with Gasteiger partial charge in [-0.25, -0.2) is 0 Å². The van der Waals surface area contributed by atoms with Gasteiger partial charge in [0.1, 0.15) is 5.75 Å². The van der Waals surface area contributed by atoms with Crippen molar-refractivity contribution in [1.82, 2.24) is 4.98 Å². The number of aromatic nitrogens is 1. The van der Waals surface area contributed by atoms with E-state index in [4.69, 9.17) is 4.74 Å². The molecule has 1 fully saturated rings. The predicted molar refractivity (Wildman–Crippen MR) is 81.5 cm³/mol. The molecule has 4 nitrogen and oxygen atoms in total. The summed E-state index contributed by atoms with van der Waals surface area (Å²) in [5.41, 5.74) is 2.40. The second kappa shape index (κ2) is 5.20. The Morgan fingerprint density at radius 2 is 2.14 bits per heavy atom. The van der Waals surface area contributed by atoms with E-state index >= 15 is 0 Å². The first-order valence-corrected chi connectivity index (χ1v) is 7.02. The van der Waals surface area contributed by atoms with Gasteiger partial charge in [-0.2, -0.15) is 0 Å². The highest BCUT2D eigenvalue weighted by molar-refractivity contribution is 6.01. The first-order valence-electron chi connectivity index (χ1n) is 7.02. The SMILES string of the molecule is COc1cc(C2(C(=O)Nc3cccnc3)CC2)ccc1C. The molecule has 2 aromatic rings. The average molecular weight is 282 g/mol. The van der Waals surface area contributed by atoms with Crippen LogP contribution in [0.25, 0.3) is 0 Å². The number of amides is 1. The number of carbonyl (C=O) groups excluding carboxylic acids is 1. The summed E-state index contributed by atoms with van der Waals surface area (Å²) >= 11 is 0. The molecule has 1 heterocycles. The second-order valence-electron chi connectivity index (χ2n) is 5.46. The number of ether oxygens (including phenoxy) is 1. The van der Waals surface area contributed by atoms with E-state index in [-0.39, 0.29) is 5.91 Å². The minimum Gasteiger partial charge on any atom is -0.496 e. The highest BCUT2D eigenvalue weighted by Gasteiger charge is 2.51. The molecule has 0 saturated heterocycles. The maximum atomic E-state index is 12.6. The van der Waals surface area contributed by atoms with Crippen molar-refractivity contribution in [2.45, 2.75) is 25.2 Å². The monoisotopic (exact) mass is 282 g/mol. The summed E-state index contributed by atoms with van der Waals surface area (Å²) in [6, 6.07) is 9.66. The van der Waals surface area contributed by atoms with Crippen LogP contribution in [0.2, 0.25) is 0 Å². The van der Waals surface area contributed by atoms with Crippen LogP contribution >= 0.6 is 0 Å². The van der Waals surface area contributed by atoms with Crippen LogP contribution in [-0.4, -0.2) is 18.0 Å². The van der Waals surface area contributed by atoms with Crippen molar-refractivity contribution in [2.75, 3.05) is 12.4 Å². The molecule has 1 aliphatic rings. The van der Waals surface area contributed by atoms with Gasteiger partial charge in [0.2, 0.25) is 5.91 Å². The highest BCUT2D eigenvalue weighted by atomic mass is 16.5. The Hall–Kier alpha value is -2.36. The number of pyridine rings is 1. The molecule has 3 rings (SSSR count). The van der Waals surface area contributed by atoms with Gasteiger partial charge in [0.05, 0.1) is 24.4 Å². The van der Waals surface area contributed by atoms with Gasteiger partial charge >= 0.3 is 0 Å². The number of hydrogen-bond donors (Lipinski definition) is 1. The fourth-order valence-corrected chi connectivity index (χ4v) is 2.58. The predicted octanol–water partition coefficient (Wildman–Crippen LogP) is 3.07. The molecule has 1 aromatic carbocycles. The van der Waals surface area contributed by atoms with Crippen LogP contribution < -0.4 is 10.1 Å². The number of nitrogens with zero attached hydrogens (tertiary/aromatic N) is 1. The van der Waals surface area contributed by atoms with Crippen LogP contribution in [0.1, 0.15) is 24.0 Å². The Kier molecular flexibility index (Phi) is 3.37. The summed E-state index contributed by atoms with van der Waals surface area (Å²) in [7, 11) is 1.65. The molecular formula is C17H18N2O2. The van der Waals surface area contributed by atoms with E-state index < -0.39 is 5.41 Å². The van der Waals surface area contributed by atoms with Crippen LogP contribution in [0.4, 0.5) is 5.69 Å². The third-order valence-electron chi connectivity index (χ3n) is 4.06. The number of benzene rings is 1. The zero-order chi connectivity index (χ0) is 14.9. The molecule has 1 N–H and O–H groups in total. The Labute approximate surface area is 124 Å². The number of hydrogen-bond acceptors (Lipinski definition) is 3. The molecule has 0 aliphatic heterocycles. The number of methoxy groups -OCH3 is 1. The Bertz CT molecular complexity index is 664. The van der Waals surface area contributed by atoms with E-state index in [1.165, 1.54) is 0 Å². The summed E-state index contributed by atoms with van der Waals surface area (Å²) < 4.78 is 5.36. The van der Waals surface area contributed by atoms with Crippen molar-refractivity contribution in [3.8, 4) is 5.75 Å². The zero-order valence-corrected chi connectivity index (χ0v) is 12.2. The van der Waals surface area contributed by atoms with Crippen molar-refractivity contribution >= 4 is 11.6 Å². The maximum Gasteiger partial charge on any atom is 0.235 e. The number of anilines is 1. The standard InChI is InChI=1S/C17H18N2O2/c1-12-5-6-13(10-15(12)21-2)17(7-8-17)16(20)19-14-4-3-9-18-11-14/h3-6,9-11H,7-8H2,1-2H3,(H,19,20). The molecule has 1 amide bonds. The van der Waals surface area contributed by atoms with Crippen LogP contribution in [0.3, 0.4) is 0 Å². The van der Waals surface area contributed by atoms with Crippen LogP contribution in [0, 0.1) is 6.92 Å². The molecule has 0 radical (unpaired) electrons. The fourth-order valence-electron chi connectivity index (χ4n) is 2.58. The largest absolute Gasteiger partial charge is 0.496 e. The van der Waals surface area contributed by atoms with Gasteiger partial charge in [-0.3, -0.25) is 9.78 Å². The van der Waals surface area contributed by atoms with E-state index in [0.717, 1.165) is 35.4 Å². The third kappa shape index (κ3) is 2.49. The molecule has 0 spiro atoms. The van der Waals surface area contributed by atoms with Crippen LogP contribution in [0.15, 0.2) is 42.7 Å². The van der Waals surface area contributed by atoms with Crippen molar-refractivity contribution in [3.05, 3.63) is 53.9 Å². The molecule has 4 heteroatoms. The van der Waals surface area contributed by atoms with Crippen molar-refractivity contribution in [2.24, 2.45) is 0 Å². The minimum atomic E-state index is -0.420. The Morgan fingerprint density at radius 1 is 1.33 bits per heavy atom. The van der Waals surface area contributed by atoms with E-state index in [1.54, 1.807) is 19.5 Å². The highest BCUT2D eigenvalue weighted by Crippen LogP contribution is 2.49. The normalized spacial score (nSPS) is 15.3. The molecule has 108 valence electrons. The van der Waals surface area contributed by atoms with Gasteiger partial charge in [0.15, 0.2) is 0 Å². The zero-order valence-electron chi connectivity index (χ0n) is 12.2. The fraction of sp³-hybridized carbons (Fsp3) is 0.294. The second-order valence-corrected chi connectivity index (χ2v) is 5.46. The molecule has 1 aromatic heterocycles. The topological polar surface area (TPSA) is 51.2 Å². The smallest absolute Gasteiger partial charge is 0.235 e. The molecule has 0 unspecified atom stereocenters. The first-order chi connectivity index (χ1) is 10.2. The molecular weight excluding hydrogens is 264 g/mol. The van der Waals surface area contributed by atoms with Crippen LogP contribution in [0.5, 0.6) is 5.75 Å². The van der Waals surface area contributed by atoms with Gasteiger partial charge in [-0.1, -0.05) is 12.1 Å². The Balaban J connectivity index is 1.85. The molecule has 1 saturated carbocycles. The number of nitrogens with one attached hydrogen (secondary N) is 1. The number of aryl methyl sites for hydroxylation is 1. The van der Waals surface area contributed by atoms with Gasteiger partial charge in [0.25, 0.3) is 0 Å². The van der Waals surface area contributed by atoms with Gasteiger partial charge in [-0.05, 0) is 49.1 Å². The number of carbonyl (C=O) groups is 1. The summed E-state index contributed by atoms with van der Waals surface area (Å²) in [4.78, 5) is 16.6. The molecule has 0 bridgehead atoms. The molecule has 1 aliphatic carbocycles. The van der Waals surface area contributed by atoms with Gasteiger partial charge in [-0.15, -0.1) is 0 Å². The lowest BCUT2D eigenvalue weighted by molar-refractivity contribution is -0.118. The minimum absolute atomic E-state index is 0.0291. The maximum absolute atomic E-state index is 12.6. The van der Waals surface area contributed by atoms with Crippen molar-refractivity contribution in [3.63, 3.8) is 0 Å². The van der Waals surface area contributed by atoms with Gasteiger partial charge < -0.3 is 10.1 Å². The quantitative estimate of drug-likeness (QED) is 0.937. The first kappa shape index (κ1) is 13.6. The Morgan fingerprint density at radius 3 is 2.76 bits per heavy atom. The van der Waals surface area contributed by atoms with Crippen molar-refractivity contribution < 1.29 is 9.53 Å². The van der Waals surface area contributed by atoms with Crippen molar-refractivity contribution in [1.29, 1.82) is 0 Å². The lowest BCUT2D eigenvalue weighted by Gasteiger charge is -2.17. The van der Waals surface area contributed by atoms with Crippen LogP contribution in [-0.2, 0) is 10.2 Å². The molecule has 0 atom stereocenters.